The Labute approximate surface area is 121 Å². The maximum Gasteiger partial charge on any atom is 0.123 e. The molecule has 2 fully saturated rings. The lowest BCUT2D eigenvalue weighted by atomic mass is 10.0. The minimum Gasteiger partial charge on any atom is -0.311 e. The summed E-state index contributed by atoms with van der Waals surface area (Å²) in [6.45, 7) is 7.40. The first-order valence-electron chi connectivity index (χ1n) is 7.90. The van der Waals surface area contributed by atoms with Crippen LogP contribution in [0.25, 0.3) is 0 Å². The molecule has 0 aromatic heterocycles. The second-order valence-electron chi connectivity index (χ2n) is 6.42. The molecule has 1 aromatic rings. The SMILES string of the molecule is CCC1CN(Cc2cc(F)ccc2C)C(C2CC2)CN1. The fourth-order valence-electron chi connectivity index (χ4n) is 3.33. The molecule has 1 aliphatic carbocycles. The van der Waals surface area contributed by atoms with Crippen molar-refractivity contribution in [3.8, 4) is 0 Å². The summed E-state index contributed by atoms with van der Waals surface area (Å²) in [4.78, 5) is 2.59. The Bertz CT molecular complexity index is 470. The Morgan fingerprint density at radius 1 is 1.35 bits per heavy atom. The summed E-state index contributed by atoms with van der Waals surface area (Å²) in [5, 5.41) is 3.67. The Morgan fingerprint density at radius 2 is 2.15 bits per heavy atom. The van der Waals surface area contributed by atoms with E-state index < -0.39 is 0 Å². The summed E-state index contributed by atoms with van der Waals surface area (Å²) >= 11 is 0. The van der Waals surface area contributed by atoms with Crippen LogP contribution >= 0.6 is 0 Å². The third-order valence-corrected chi connectivity index (χ3v) is 4.88. The van der Waals surface area contributed by atoms with Gasteiger partial charge in [0.05, 0.1) is 0 Å². The zero-order chi connectivity index (χ0) is 14.1. The average molecular weight is 276 g/mol. The van der Waals surface area contributed by atoms with Gasteiger partial charge in [-0.15, -0.1) is 0 Å². The summed E-state index contributed by atoms with van der Waals surface area (Å²) in [6, 6.07) is 6.39. The summed E-state index contributed by atoms with van der Waals surface area (Å²) in [7, 11) is 0. The van der Waals surface area contributed by atoms with E-state index in [1.54, 1.807) is 12.1 Å². The van der Waals surface area contributed by atoms with Crippen LogP contribution in [0.1, 0.15) is 37.3 Å². The molecule has 2 unspecified atom stereocenters. The van der Waals surface area contributed by atoms with Crippen molar-refractivity contribution >= 4 is 0 Å². The van der Waals surface area contributed by atoms with Gasteiger partial charge in [-0.1, -0.05) is 13.0 Å². The molecule has 0 bridgehead atoms. The Balaban J connectivity index is 1.76. The first-order valence-corrected chi connectivity index (χ1v) is 7.90. The minimum absolute atomic E-state index is 0.115. The van der Waals surface area contributed by atoms with Crippen LogP contribution in [0.5, 0.6) is 0 Å². The van der Waals surface area contributed by atoms with E-state index in [-0.39, 0.29) is 5.82 Å². The predicted molar refractivity (Wildman–Crippen MR) is 80.1 cm³/mol. The van der Waals surface area contributed by atoms with Gasteiger partial charge in [0, 0.05) is 31.7 Å². The van der Waals surface area contributed by atoms with Gasteiger partial charge in [-0.2, -0.15) is 0 Å². The molecule has 110 valence electrons. The predicted octanol–water partition coefficient (Wildman–Crippen LogP) is 3.10. The van der Waals surface area contributed by atoms with E-state index in [0.717, 1.165) is 37.5 Å². The van der Waals surface area contributed by atoms with E-state index in [1.807, 2.05) is 6.07 Å². The number of benzene rings is 1. The van der Waals surface area contributed by atoms with Gasteiger partial charge in [0.1, 0.15) is 5.82 Å². The average Bonchev–Trinajstić information content (AvgIpc) is 3.27. The smallest absolute Gasteiger partial charge is 0.123 e. The van der Waals surface area contributed by atoms with Crippen molar-refractivity contribution in [2.75, 3.05) is 13.1 Å². The molecular formula is C17H25FN2. The van der Waals surface area contributed by atoms with Crippen LogP contribution in [-0.2, 0) is 6.54 Å². The number of hydrogen-bond acceptors (Lipinski definition) is 2. The van der Waals surface area contributed by atoms with Crippen LogP contribution in [0.2, 0.25) is 0 Å². The van der Waals surface area contributed by atoms with Crippen LogP contribution in [0.3, 0.4) is 0 Å². The number of halogens is 1. The number of nitrogens with zero attached hydrogens (tertiary/aromatic N) is 1. The maximum atomic E-state index is 13.5. The molecule has 0 radical (unpaired) electrons. The highest BCUT2D eigenvalue weighted by atomic mass is 19.1. The van der Waals surface area contributed by atoms with Gasteiger partial charge in [-0.25, -0.2) is 4.39 Å². The number of piperazine rings is 1. The fraction of sp³-hybridized carbons (Fsp3) is 0.647. The molecule has 1 heterocycles. The van der Waals surface area contributed by atoms with E-state index in [0.29, 0.717) is 12.1 Å². The van der Waals surface area contributed by atoms with Crippen molar-refractivity contribution in [3.05, 3.63) is 35.1 Å². The van der Waals surface area contributed by atoms with Gasteiger partial charge in [-0.3, -0.25) is 4.90 Å². The monoisotopic (exact) mass is 276 g/mol. The van der Waals surface area contributed by atoms with Gasteiger partial charge >= 0.3 is 0 Å². The van der Waals surface area contributed by atoms with Crippen LogP contribution in [0.4, 0.5) is 4.39 Å². The number of hydrogen-bond donors (Lipinski definition) is 1. The van der Waals surface area contributed by atoms with Gasteiger partial charge in [-0.05, 0) is 55.4 Å². The lowest BCUT2D eigenvalue weighted by Crippen LogP contribution is -2.56. The summed E-state index contributed by atoms with van der Waals surface area (Å²) < 4.78 is 13.5. The molecule has 2 nitrogen and oxygen atoms in total. The van der Waals surface area contributed by atoms with Gasteiger partial charge in [0.25, 0.3) is 0 Å². The van der Waals surface area contributed by atoms with Crippen molar-refractivity contribution in [1.29, 1.82) is 0 Å². The first kappa shape index (κ1) is 14.0. The molecule has 0 amide bonds. The molecule has 1 N–H and O–H groups in total. The van der Waals surface area contributed by atoms with Crippen molar-refractivity contribution < 1.29 is 4.39 Å². The number of rotatable bonds is 4. The zero-order valence-electron chi connectivity index (χ0n) is 12.5. The fourth-order valence-corrected chi connectivity index (χ4v) is 3.33. The summed E-state index contributed by atoms with van der Waals surface area (Å²) in [6.07, 6.45) is 3.89. The Morgan fingerprint density at radius 3 is 2.85 bits per heavy atom. The molecule has 2 atom stereocenters. The number of nitrogens with one attached hydrogen (secondary N) is 1. The molecule has 20 heavy (non-hydrogen) atoms. The van der Waals surface area contributed by atoms with E-state index in [4.69, 9.17) is 0 Å². The standard InChI is InChI=1S/C17H25FN2/c1-3-16-11-20(17(9-19-16)13-5-6-13)10-14-8-15(18)7-4-12(14)2/h4,7-8,13,16-17,19H,3,5-6,9-11H2,1-2H3. The maximum absolute atomic E-state index is 13.5. The highest BCUT2D eigenvalue weighted by Crippen LogP contribution is 2.37. The number of aryl methyl sites for hydroxylation is 1. The van der Waals surface area contributed by atoms with Crippen LogP contribution in [0, 0.1) is 18.7 Å². The van der Waals surface area contributed by atoms with Gasteiger partial charge < -0.3 is 5.32 Å². The molecule has 3 rings (SSSR count). The molecule has 2 aliphatic rings. The van der Waals surface area contributed by atoms with Gasteiger partial charge in [0.2, 0.25) is 0 Å². The molecule has 1 aromatic carbocycles. The van der Waals surface area contributed by atoms with Gasteiger partial charge in [0.15, 0.2) is 0 Å². The van der Waals surface area contributed by atoms with Crippen LogP contribution < -0.4 is 5.32 Å². The second-order valence-corrected chi connectivity index (χ2v) is 6.42. The molecule has 3 heteroatoms. The molecule has 1 saturated heterocycles. The molecule has 1 aliphatic heterocycles. The van der Waals surface area contributed by atoms with Crippen molar-refractivity contribution in [2.24, 2.45) is 5.92 Å². The van der Waals surface area contributed by atoms with E-state index >= 15 is 0 Å². The third-order valence-electron chi connectivity index (χ3n) is 4.88. The summed E-state index contributed by atoms with van der Waals surface area (Å²) in [5.41, 5.74) is 2.35. The van der Waals surface area contributed by atoms with E-state index in [2.05, 4.69) is 24.1 Å². The van der Waals surface area contributed by atoms with Crippen LogP contribution in [-0.4, -0.2) is 30.1 Å². The van der Waals surface area contributed by atoms with Crippen molar-refractivity contribution in [3.63, 3.8) is 0 Å². The normalized spacial score (nSPS) is 27.8. The van der Waals surface area contributed by atoms with E-state index in [9.17, 15) is 4.39 Å². The Kier molecular flexibility index (Phi) is 4.08. The molecule has 0 spiro atoms. The molecule has 1 saturated carbocycles. The first-order chi connectivity index (χ1) is 9.67. The van der Waals surface area contributed by atoms with Crippen LogP contribution in [0.15, 0.2) is 18.2 Å². The topological polar surface area (TPSA) is 15.3 Å². The third kappa shape index (κ3) is 3.04. The van der Waals surface area contributed by atoms with Crippen molar-refractivity contribution in [1.82, 2.24) is 10.2 Å². The lowest BCUT2D eigenvalue weighted by molar-refractivity contribution is 0.105. The highest BCUT2D eigenvalue weighted by molar-refractivity contribution is 5.26. The van der Waals surface area contributed by atoms with Crippen molar-refractivity contribution in [2.45, 2.75) is 51.7 Å². The second kappa shape index (κ2) is 5.82. The quantitative estimate of drug-likeness (QED) is 0.909. The van der Waals surface area contributed by atoms with E-state index in [1.165, 1.54) is 18.4 Å². The molecular weight excluding hydrogens is 251 g/mol. The zero-order valence-corrected chi connectivity index (χ0v) is 12.5. The largest absolute Gasteiger partial charge is 0.311 e. The summed E-state index contributed by atoms with van der Waals surface area (Å²) in [5.74, 6) is 0.741. The Hall–Kier alpha value is -0.930. The highest BCUT2D eigenvalue weighted by Gasteiger charge is 2.38. The lowest BCUT2D eigenvalue weighted by Gasteiger charge is -2.41. The minimum atomic E-state index is -0.115.